The third kappa shape index (κ3) is 3.44. The average Bonchev–Trinajstić information content (AvgIpc) is 3.00. The van der Waals surface area contributed by atoms with Crippen LogP contribution < -0.4 is 0 Å². The molecule has 2 rings (SSSR count). The summed E-state index contributed by atoms with van der Waals surface area (Å²) in [6.45, 7) is 1.30. The molecule has 8 heteroatoms. The Balaban J connectivity index is 2.28. The van der Waals surface area contributed by atoms with Gasteiger partial charge >= 0.3 is 5.97 Å². The van der Waals surface area contributed by atoms with E-state index in [0.717, 1.165) is 4.90 Å². The van der Waals surface area contributed by atoms with Crippen molar-refractivity contribution >= 4 is 21.7 Å². The number of hydrogen-bond acceptors (Lipinski definition) is 5. The molecule has 0 saturated carbocycles. The molecule has 1 aliphatic heterocycles. The Morgan fingerprint density at radius 1 is 1.48 bits per heavy atom. The average molecular weight is 315 g/mol. The fourth-order valence-corrected chi connectivity index (χ4v) is 4.22. The molecule has 0 aromatic carbocycles. The van der Waals surface area contributed by atoms with Crippen molar-refractivity contribution in [2.24, 2.45) is 0 Å². The predicted octanol–water partition coefficient (Wildman–Crippen LogP) is 0.556. The van der Waals surface area contributed by atoms with Crippen LogP contribution in [0.4, 0.5) is 0 Å². The molecule has 1 N–H and O–H groups in total. The van der Waals surface area contributed by atoms with Crippen LogP contribution in [0.2, 0.25) is 0 Å². The topological polar surface area (TPSA) is 105 Å². The van der Waals surface area contributed by atoms with Crippen molar-refractivity contribution in [1.29, 1.82) is 0 Å². The van der Waals surface area contributed by atoms with E-state index in [9.17, 15) is 18.0 Å². The number of carboxylic acids is 1. The van der Waals surface area contributed by atoms with Gasteiger partial charge in [-0.15, -0.1) is 0 Å². The summed E-state index contributed by atoms with van der Waals surface area (Å²) in [6.07, 6.45) is 2.13. The van der Waals surface area contributed by atoms with E-state index in [-0.39, 0.29) is 17.9 Å². The maximum atomic E-state index is 12.5. The molecule has 116 valence electrons. The van der Waals surface area contributed by atoms with Gasteiger partial charge in [0.25, 0.3) is 5.91 Å². The molecule has 0 bridgehead atoms. The van der Waals surface area contributed by atoms with Crippen LogP contribution in [-0.4, -0.2) is 54.4 Å². The number of nitrogens with zero attached hydrogens (tertiary/aromatic N) is 1. The summed E-state index contributed by atoms with van der Waals surface area (Å²) in [5.41, 5.74) is 0.294. The molecular formula is C13H17NO6S. The third-order valence-electron chi connectivity index (χ3n) is 3.51. The largest absolute Gasteiger partial charge is 0.480 e. The van der Waals surface area contributed by atoms with E-state index in [1.165, 1.54) is 12.3 Å². The van der Waals surface area contributed by atoms with Gasteiger partial charge in [0.15, 0.2) is 9.84 Å². The lowest BCUT2D eigenvalue weighted by atomic mass is 10.1. The number of furan rings is 1. The zero-order chi connectivity index (χ0) is 15.6. The van der Waals surface area contributed by atoms with Crippen LogP contribution in [0, 0.1) is 0 Å². The minimum atomic E-state index is -3.20. The van der Waals surface area contributed by atoms with E-state index < -0.39 is 34.3 Å². The summed E-state index contributed by atoms with van der Waals surface area (Å²) in [7, 11) is -3.20. The van der Waals surface area contributed by atoms with Gasteiger partial charge in [0.2, 0.25) is 0 Å². The highest BCUT2D eigenvalue weighted by atomic mass is 32.2. The molecule has 1 aromatic heterocycles. The maximum absolute atomic E-state index is 12.5. The summed E-state index contributed by atoms with van der Waals surface area (Å²) in [4.78, 5) is 24.6. The second kappa shape index (κ2) is 5.88. The maximum Gasteiger partial charge on any atom is 0.323 e. The van der Waals surface area contributed by atoms with Crippen LogP contribution in [0.25, 0.3) is 0 Å². The molecule has 1 atom stereocenters. The van der Waals surface area contributed by atoms with E-state index >= 15 is 0 Å². The van der Waals surface area contributed by atoms with Crippen molar-refractivity contribution in [2.75, 3.05) is 18.1 Å². The van der Waals surface area contributed by atoms with Crippen LogP contribution in [-0.2, 0) is 21.1 Å². The molecule has 1 fully saturated rings. The van der Waals surface area contributed by atoms with Crippen molar-refractivity contribution in [3.8, 4) is 0 Å². The van der Waals surface area contributed by atoms with Gasteiger partial charge in [0.1, 0.15) is 12.3 Å². The SMILES string of the molecule is CCc1occc1C(=O)N(CC(=O)O)C1CCS(=O)(=O)C1. The van der Waals surface area contributed by atoms with E-state index in [1.54, 1.807) is 0 Å². The Labute approximate surface area is 122 Å². The van der Waals surface area contributed by atoms with Gasteiger partial charge in [-0.25, -0.2) is 8.42 Å². The van der Waals surface area contributed by atoms with E-state index in [4.69, 9.17) is 9.52 Å². The Morgan fingerprint density at radius 2 is 2.19 bits per heavy atom. The number of rotatable bonds is 5. The molecule has 0 aliphatic carbocycles. The third-order valence-corrected chi connectivity index (χ3v) is 5.26. The van der Waals surface area contributed by atoms with Crippen molar-refractivity contribution in [3.63, 3.8) is 0 Å². The second-order valence-electron chi connectivity index (χ2n) is 4.99. The number of sulfone groups is 1. The molecule has 1 aromatic rings. The Morgan fingerprint density at radius 3 is 2.71 bits per heavy atom. The molecule has 21 heavy (non-hydrogen) atoms. The number of carbonyl (C=O) groups is 2. The summed E-state index contributed by atoms with van der Waals surface area (Å²) in [6, 6.07) is 0.887. The van der Waals surface area contributed by atoms with Crippen molar-refractivity contribution in [2.45, 2.75) is 25.8 Å². The number of carbonyl (C=O) groups excluding carboxylic acids is 1. The Kier molecular flexibility index (Phi) is 4.36. The van der Waals surface area contributed by atoms with Gasteiger partial charge < -0.3 is 14.4 Å². The lowest BCUT2D eigenvalue weighted by Crippen LogP contribution is -2.44. The number of carboxylic acid groups (broad SMARTS) is 1. The standard InChI is InChI=1S/C13H17NO6S/c1-2-11-10(3-5-20-11)13(17)14(7-12(15)16)9-4-6-21(18,19)8-9/h3,5,9H,2,4,6-8H2,1H3,(H,15,16). The molecule has 1 saturated heterocycles. The number of amides is 1. The van der Waals surface area contributed by atoms with Gasteiger partial charge in [0, 0.05) is 12.5 Å². The van der Waals surface area contributed by atoms with Gasteiger partial charge in [-0.1, -0.05) is 6.92 Å². The highest BCUT2D eigenvalue weighted by molar-refractivity contribution is 7.91. The Bertz CT molecular complexity index is 647. The van der Waals surface area contributed by atoms with Crippen LogP contribution in [0.5, 0.6) is 0 Å². The van der Waals surface area contributed by atoms with Gasteiger partial charge in [-0.05, 0) is 12.5 Å². The quantitative estimate of drug-likeness (QED) is 0.851. The van der Waals surface area contributed by atoms with Crippen molar-refractivity contribution in [1.82, 2.24) is 4.90 Å². The molecule has 2 heterocycles. The number of hydrogen-bond donors (Lipinski definition) is 1. The van der Waals surface area contributed by atoms with Crippen LogP contribution in [0.1, 0.15) is 29.5 Å². The minimum absolute atomic E-state index is 0.0207. The first-order chi connectivity index (χ1) is 9.84. The normalized spacial score (nSPS) is 20.3. The lowest BCUT2D eigenvalue weighted by molar-refractivity contribution is -0.138. The van der Waals surface area contributed by atoms with E-state index in [1.807, 2.05) is 6.92 Å². The minimum Gasteiger partial charge on any atom is -0.480 e. The van der Waals surface area contributed by atoms with Gasteiger partial charge in [-0.2, -0.15) is 0 Å². The molecule has 1 amide bonds. The first-order valence-corrected chi connectivity index (χ1v) is 8.45. The number of aliphatic carboxylic acids is 1. The molecule has 1 unspecified atom stereocenters. The fourth-order valence-electron chi connectivity index (χ4n) is 2.49. The molecular weight excluding hydrogens is 298 g/mol. The highest BCUT2D eigenvalue weighted by Gasteiger charge is 2.36. The van der Waals surface area contributed by atoms with Crippen molar-refractivity contribution < 1.29 is 27.5 Å². The van der Waals surface area contributed by atoms with Gasteiger partial charge in [-0.3, -0.25) is 9.59 Å². The molecule has 7 nitrogen and oxygen atoms in total. The zero-order valence-corrected chi connectivity index (χ0v) is 12.4. The van der Waals surface area contributed by atoms with Crippen LogP contribution in [0.3, 0.4) is 0 Å². The smallest absolute Gasteiger partial charge is 0.323 e. The summed E-state index contributed by atoms with van der Waals surface area (Å²) < 4.78 is 28.3. The van der Waals surface area contributed by atoms with Crippen LogP contribution in [0.15, 0.2) is 16.7 Å². The Hall–Kier alpha value is -1.83. The molecule has 0 radical (unpaired) electrons. The summed E-state index contributed by atoms with van der Waals surface area (Å²) in [5.74, 6) is -1.41. The predicted molar refractivity (Wildman–Crippen MR) is 73.8 cm³/mol. The first-order valence-electron chi connectivity index (χ1n) is 6.63. The summed E-state index contributed by atoms with van der Waals surface area (Å²) in [5, 5.41) is 8.98. The zero-order valence-electron chi connectivity index (χ0n) is 11.6. The number of aryl methyl sites for hydroxylation is 1. The highest BCUT2D eigenvalue weighted by Crippen LogP contribution is 2.22. The monoisotopic (exact) mass is 315 g/mol. The van der Waals surface area contributed by atoms with E-state index in [2.05, 4.69) is 0 Å². The fraction of sp³-hybridized carbons (Fsp3) is 0.538. The lowest BCUT2D eigenvalue weighted by Gasteiger charge is -2.26. The molecule has 1 aliphatic rings. The first kappa shape index (κ1) is 15.6. The van der Waals surface area contributed by atoms with Crippen molar-refractivity contribution in [3.05, 3.63) is 23.7 Å². The van der Waals surface area contributed by atoms with Gasteiger partial charge in [0.05, 0.1) is 23.3 Å². The summed E-state index contributed by atoms with van der Waals surface area (Å²) >= 11 is 0. The van der Waals surface area contributed by atoms with Crippen LogP contribution >= 0.6 is 0 Å². The second-order valence-corrected chi connectivity index (χ2v) is 7.22. The molecule has 0 spiro atoms. The van der Waals surface area contributed by atoms with E-state index in [0.29, 0.717) is 17.7 Å².